The highest BCUT2D eigenvalue weighted by Crippen LogP contribution is 2.16. The average molecular weight is 203 g/mol. The number of nitrogens with two attached hydrogens (primary N) is 1. The molecule has 0 fully saturated rings. The molecular weight excluding hydrogens is 190 g/mol. The van der Waals surface area contributed by atoms with Crippen LogP contribution in [0.5, 0.6) is 5.75 Å². The van der Waals surface area contributed by atoms with Gasteiger partial charge in [0.1, 0.15) is 5.75 Å². The van der Waals surface area contributed by atoms with E-state index in [1.807, 2.05) is 19.2 Å². The van der Waals surface area contributed by atoms with Crippen LogP contribution in [0.3, 0.4) is 0 Å². The Kier molecular flexibility index (Phi) is 2.43. The molecule has 3 N–H and O–H groups in total. The molecule has 1 heterocycles. The molecule has 0 spiro atoms. The summed E-state index contributed by atoms with van der Waals surface area (Å²) in [4.78, 5) is 0. The summed E-state index contributed by atoms with van der Waals surface area (Å²) in [5.41, 5.74) is 8.33. The maximum absolute atomic E-state index is 9.34. The Labute approximate surface area is 88.0 Å². The van der Waals surface area contributed by atoms with Crippen LogP contribution in [0, 0.1) is 6.92 Å². The lowest BCUT2D eigenvalue weighted by Gasteiger charge is -2.00. The first-order chi connectivity index (χ1) is 7.20. The van der Waals surface area contributed by atoms with E-state index in [1.165, 1.54) is 0 Å². The highest BCUT2D eigenvalue weighted by Gasteiger charge is 2.04. The van der Waals surface area contributed by atoms with Crippen molar-refractivity contribution in [3.8, 4) is 11.4 Å². The minimum absolute atomic E-state index is 0.231. The van der Waals surface area contributed by atoms with Crippen molar-refractivity contribution in [3.05, 3.63) is 41.7 Å². The molecule has 0 saturated carbocycles. The van der Waals surface area contributed by atoms with Gasteiger partial charge in [-0.25, -0.2) is 4.68 Å². The molecule has 0 atom stereocenters. The van der Waals surface area contributed by atoms with Crippen LogP contribution >= 0.6 is 0 Å². The van der Waals surface area contributed by atoms with Gasteiger partial charge < -0.3 is 10.8 Å². The van der Waals surface area contributed by atoms with E-state index in [4.69, 9.17) is 5.73 Å². The molecule has 2 rings (SSSR count). The molecule has 1 aromatic heterocycles. The summed E-state index contributed by atoms with van der Waals surface area (Å²) in [6, 6.07) is 6.95. The zero-order valence-electron chi connectivity index (χ0n) is 8.51. The van der Waals surface area contributed by atoms with Gasteiger partial charge in [0, 0.05) is 24.4 Å². The second kappa shape index (κ2) is 3.74. The summed E-state index contributed by atoms with van der Waals surface area (Å²) in [5, 5.41) is 13.7. The number of hydrogen-bond acceptors (Lipinski definition) is 3. The van der Waals surface area contributed by atoms with Crippen molar-refractivity contribution in [3.63, 3.8) is 0 Å². The normalized spacial score (nSPS) is 10.5. The first-order valence-corrected chi connectivity index (χ1v) is 4.75. The Balaban J connectivity index is 2.45. The molecule has 1 aromatic carbocycles. The predicted molar refractivity (Wildman–Crippen MR) is 57.9 cm³/mol. The van der Waals surface area contributed by atoms with E-state index in [-0.39, 0.29) is 5.75 Å². The fourth-order valence-electron chi connectivity index (χ4n) is 1.46. The summed E-state index contributed by atoms with van der Waals surface area (Å²) in [7, 11) is 0. The Bertz CT molecular complexity index is 476. The molecule has 4 heteroatoms. The summed E-state index contributed by atoms with van der Waals surface area (Å²) >= 11 is 0. The predicted octanol–water partition coefficient (Wildman–Crippen LogP) is 1.35. The van der Waals surface area contributed by atoms with E-state index in [0.717, 1.165) is 16.9 Å². The standard InChI is InChI=1S/C11H13N3O/c1-8-9(6-12)7-14(13-8)10-3-2-4-11(15)5-10/h2-5,7,15H,6,12H2,1H3. The first kappa shape index (κ1) is 9.73. The van der Waals surface area contributed by atoms with Crippen molar-refractivity contribution in [1.82, 2.24) is 9.78 Å². The van der Waals surface area contributed by atoms with E-state index in [9.17, 15) is 5.11 Å². The Morgan fingerprint density at radius 3 is 2.87 bits per heavy atom. The molecule has 0 bridgehead atoms. The number of aryl methyl sites for hydroxylation is 1. The highest BCUT2D eigenvalue weighted by atomic mass is 16.3. The number of phenols is 1. The fraction of sp³-hybridized carbons (Fsp3) is 0.182. The molecule has 15 heavy (non-hydrogen) atoms. The summed E-state index contributed by atoms with van der Waals surface area (Å²) in [6.45, 7) is 2.39. The minimum Gasteiger partial charge on any atom is -0.508 e. The molecule has 0 aliphatic rings. The number of rotatable bonds is 2. The van der Waals surface area contributed by atoms with Crippen LogP contribution in [0.25, 0.3) is 5.69 Å². The van der Waals surface area contributed by atoms with Gasteiger partial charge in [-0.15, -0.1) is 0 Å². The molecule has 0 aliphatic heterocycles. The maximum atomic E-state index is 9.34. The largest absolute Gasteiger partial charge is 0.508 e. The van der Waals surface area contributed by atoms with E-state index in [0.29, 0.717) is 6.54 Å². The Morgan fingerprint density at radius 2 is 2.27 bits per heavy atom. The van der Waals surface area contributed by atoms with Gasteiger partial charge in [0.25, 0.3) is 0 Å². The van der Waals surface area contributed by atoms with Gasteiger partial charge in [0.2, 0.25) is 0 Å². The molecule has 0 aliphatic carbocycles. The lowest BCUT2D eigenvalue weighted by Crippen LogP contribution is -1.95. The third-order valence-corrected chi connectivity index (χ3v) is 2.31. The molecule has 78 valence electrons. The summed E-state index contributed by atoms with van der Waals surface area (Å²) in [6.07, 6.45) is 1.88. The number of aromatic hydroxyl groups is 1. The molecule has 0 amide bonds. The zero-order valence-corrected chi connectivity index (χ0v) is 8.51. The van der Waals surface area contributed by atoms with Crippen molar-refractivity contribution in [2.24, 2.45) is 5.73 Å². The van der Waals surface area contributed by atoms with Gasteiger partial charge in [-0.1, -0.05) is 6.07 Å². The Hall–Kier alpha value is -1.81. The van der Waals surface area contributed by atoms with Gasteiger partial charge in [0.05, 0.1) is 11.4 Å². The zero-order chi connectivity index (χ0) is 10.8. The van der Waals surface area contributed by atoms with Crippen molar-refractivity contribution < 1.29 is 5.11 Å². The molecule has 2 aromatic rings. The molecule has 0 unspecified atom stereocenters. The number of phenolic OH excluding ortho intramolecular Hbond substituents is 1. The quantitative estimate of drug-likeness (QED) is 0.774. The van der Waals surface area contributed by atoms with E-state index in [1.54, 1.807) is 22.9 Å². The molecule has 0 saturated heterocycles. The monoisotopic (exact) mass is 203 g/mol. The fourth-order valence-corrected chi connectivity index (χ4v) is 1.46. The van der Waals surface area contributed by atoms with Crippen molar-refractivity contribution in [1.29, 1.82) is 0 Å². The first-order valence-electron chi connectivity index (χ1n) is 4.75. The smallest absolute Gasteiger partial charge is 0.117 e. The van der Waals surface area contributed by atoms with Crippen LogP contribution < -0.4 is 5.73 Å². The number of benzene rings is 1. The second-order valence-corrected chi connectivity index (χ2v) is 3.41. The average Bonchev–Trinajstić information content (AvgIpc) is 2.60. The SMILES string of the molecule is Cc1nn(-c2cccc(O)c2)cc1CN. The summed E-state index contributed by atoms with van der Waals surface area (Å²) < 4.78 is 1.72. The van der Waals surface area contributed by atoms with Crippen LogP contribution in [0.15, 0.2) is 30.5 Å². The Morgan fingerprint density at radius 1 is 1.47 bits per heavy atom. The van der Waals surface area contributed by atoms with E-state index >= 15 is 0 Å². The van der Waals surface area contributed by atoms with Crippen molar-refractivity contribution >= 4 is 0 Å². The van der Waals surface area contributed by atoms with Crippen LogP contribution in [0.4, 0.5) is 0 Å². The van der Waals surface area contributed by atoms with Crippen molar-refractivity contribution in [2.75, 3.05) is 0 Å². The minimum atomic E-state index is 0.231. The molecular formula is C11H13N3O. The van der Waals surface area contributed by atoms with Crippen LogP contribution in [0.1, 0.15) is 11.3 Å². The van der Waals surface area contributed by atoms with Gasteiger partial charge >= 0.3 is 0 Å². The lowest BCUT2D eigenvalue weighted by molar-refractivity contribution is 0.475. The van der Waals surface area contributed by atoms with Crippen molar-refractivity contribution in [2.45, 2.75) is 13.5 Å². The van der Waals surface area contributed by atoms with Gasteiger partial charge in [-0.05, 0) is 19.1 Å². The van der Waals surface area contributed by atoms with Crippen LogP contribution in [-0.4, -0.2) is 14.9 Å². The lowest BCUT2D eigenvalue weighted by atomic mass is 10.3. The second-order valence-electron chi connectivity index (χ2n) is 3.41. The maximum Gasteiger partial charge on any atom is 0.117 e. The van der Waals surface area contributed by atoms with Gasteiger partial charge in [-0.2, -0.15) is 5.10 Å². The number of aromatic nitrogens is 2. The van der Waals surface area contributed by atoms with Crippen LogP contribution in [0.2, 0.25) is 0 Å². The number of nitrogens with zero attached hydrogens (tertiary/aromatic N) is 2. The highest BCUT2D eigenvalue weighted by molar-refractivity contribution is 5.38. The van der Waals surface area contributed by atoms with E-state index in [2.05, 4.69) is 5.10 Å². The molecule has 4 nitrogen and oxygen atoms in total. The number of hydrogen-bond donors (Lipinski definition) is 2. The van der Waals surface area contributed by atoms with E-state index < -0.39 is 0 Å². The van der Waals surface area contributed by atoms with Gasteiger partial charge in [0.15, 0.2) is 0 Å². The topological polar surface area (TPSA) is 64.1 Å². The third kappa shape index (κ3) is 1.85. The summed E-state index contributed by atoms with van der Waals surface area (Å²) in [5.74, 6) is 0.231. The molecule has 0 radical (unpaired) electrons. The van der Waals surface area contributed by atoms with Crippen LogP contribution in [-0.2, 0) is 6.54 Å². The van der Waals surface area contributed by atoms with Gasteiger partial charge in [-0.3, -0.25) is 0 Å². The third-order valence-electron chi connectivity index (χ3n) is 2.31.